The molecule has 1 aromatic heterocycles. The van der Waals surface area contributed by atoms with Crippen LogP contribution < -0.4 is 11.1 Å². The van der Waals surface area contributed by atoms with Crippen LogP contribution in [0.25, 0.3) is 0 Å². The maximum absolute atomic E-state index is 13.2. The largest absolute Gasteiger partial charge is 0.378 e. The molecular formula is C23H28ClN5O2. The van der Waals surface area contributed by atoms with E-state index in [2.05, 4.69) is 10.3 Å². The Morgan fingerprint density at radius 3 is 2.81 bits per heavy atom. The summed E-state index contributed by atoms with van der Waals surface area (Å²) in [7, 11) is 0. The van der Waals surface area contributed by atoms with E-state index in [9.17, 15) is 4.79 Å². The summed E-state index contributed by atoms with van der Waals surface area (Å²) in [5.41, 5.74) is 8.75. The molecule has 2 aliphatic heterocycles. The lowest BCUT2D eigenvalue weighted by Gasteiger charge is -2.41. The van der Waals surface area contributed by atoms with Gasteiger partial charge in [-0.25, -0.2) is 4.99 Å². The number of halogens is 1. The number of aromatic nitrogens is 1. The lowest BCUT2D eigenvalue weighted by atomic mass is 9.86. The van der Waals surface area contributed by atoms with Crippen LogP contribution in [0.15, 0.2) is 41.5 Å². The molecule has 7 nitrogen and oxygen atoms in total. The quantitative estimate of drug-likeness (QED) is 0.744. The van der Waals surface area contributed by atoms with E-state index in [-0.39, 0.29) is 30.4 Å². The van der Waals surface area contributed by atoms with E-state index in [4.69, 9.17) is 27.1 Å². The first-order valence-electron chi connectivity index (χ1n) is 10.5. The van der Waals surface area contributed by atoms with Crippen LogP contribution in [0.4, 0.5) is 11.4 Å². The molecule has 1 fully saturated rings. The zero-order valence-corrected chi connectivity index (χ0v) is 18.8. The number of guanidine groups is 1. The summed E-state index contributed by atoms with van der Waals surface area (Å²) in [6.07, 6.45) is 3.57. The highest BCUT2D eigenvalue weighted by Crippen LogP contribution is 2.41. The number of ether oxygens (including phenoxy) is 1. The monoisotopic (exact) mass is 441 g/mol. The van der Waals surface area contributed by atoms with Gasteiger partial charge < -0.3 is 15.8 Å². The van der Waals surface area contributed by atoms with Gasteiger partial charge in [-0.05, 0) is 51.8 Å². The van der Waals surface area contributed by atoms with Crippen LogP contribution in [-0.2, 0) is 15.1 Å². The average Bonchev–Trinajstić information content (AvgIpc) is 2.70. The topological polar surface area (TPSA) is 92.8 Å². The maximum atomic E-state index is 13.2. The molecule has 0 saturated carbocycles. The number of nitrogens with two attached hydrogens (primary N) is 1. The lowest BCUT2D eigenvalue weighted by Crippen LogP contribution is -2.56. The van der Waals surface area contributed by atoms with Crippen molar-refractivity contribution in [1.82, 2.24) is 9.88 Å². The molecule has 0 spiro atoms. The molecule has 2 aliphatic rings. The number of carbonyl (C=O) groups is 1. The second-order valence-corrected chi connectivity index (χ2v) is 8.90. The highest BCUT2D eigenvalue weighted by atomic mass is 35.5. The van der Waals surface area contributed by atoms with E-state index >= 15 is 0 Å². The fraction of sp³-hybridized carbons (Fsp3) is 0.435. The van der Waals surface area contributed by atoms with E-state index in [1.807, 2.05) is 51.1 Å². The molecule has 0 aliphatic carbocycles. The number of nitrogens with one attached hydrogen (secondary N) is 1. The Hall–Kier alpha value is -2.64. The average molecular weight is 442 g/mol. The molecule has 31 heavy (non-hydrogen) atoms. The van der Waals surface area contributed by atoms with E-state index in [0.717, 1.165) is 35.5 Å². The Bertz CT molecular complexity index is 1010. The minimum atomic E-state index is -0.839. The smallest absolute Gasteiger partial charge is 0.232 e. The zero-order chi connectivity index (χ0) is 22.2. The normalized spacial score (nSPS) is 26.5. The number of nitrogens with zero attached hydrogens (tertiary/aromatic N) is 3. The van der Waals surface area contributed by atoms with Crippen LogP contribution in [0.5, 0.6) is 0 Å². The predicted octanol–water partition coefficient (Wildman–Crippen LogP) is 4.12. The van der Waals surface area contributed by atoms with Crippen LogP contribution in [0.2, 0.25) is 5.02 Å². The summed E-state index contributed by atoms with van der Waals surface area (Å²) in [6.45, 7) is 6.47. The van der Waals surface area contributed by atoms with Gasteiger partial charge in [0.15, 0.2) is 5.96 Å². The number of pyridine rings is 1. The Morgan fingerprint density at radius 1 is 1.32 bits per heavy atom. The van der Waals surface area contributed by atoms with Crippen LogP contribution >= 0.6 is 11.6 Å². The number of anilines is 2. The van der Waals surface area contributed by atoms with E-state index in [0.29, 0.717) is 11.6 Å². The molecule has 3 N–H and O–H groups in total. The fourth-order valence-electron chi connectivity index (χ4n) is 4.35. The number of hydrogen-bond donors (Lipinski definition) is 2. The summed E-state index contributed by atoms with van der Waals surface area (Å²) in [6, 6.07) is 9.58. The molecule has 1 aromatic carbocycles. The summed E-state index contributed by atoms with van der Waals surface area (Å²) in [5.74, 6) is 0.210. The Labute approximate surface area is 187 Å². The van der Waals surface area contributed by atoms with Gasteiger partial charge in [0.05, 0.1) is 40.7 Å². The molecular weight excluding hydrogens is 414 g/mol. The van der Waals surface area contributed by atoms with Gasteiger partial charge in [0, 0.05) is 23.9 Å². The van der Waals surface area contributed by atoms with Gasteiger partial charge in [-0.2, -0.15) is 0 Å². The summed E-state index contributed by atoms with van der Waals surface area (Å²) >= 11 is 6.78. The van der Waals surface area contributed by atoms with Crippen molar-refractivity contribution in [3.63, 3.8) is 0 Å². The van der Waals surface area contributed by atoms with Crippen LogP contribution in [0.3, 0.4) is 0 Å². The second kappa shape index (κ2) is 8.48. The lowest BCUT2D eigenvalue weighted by molar-refractivity contribution is -0.133. The summed E-state index contributed by atoms with van der Waals surface area (Å²) in [4.78, 5) is 23.9. The third-order valence-electron chi connectivity index (χ3n) is 5.96. The number of amides is 1. The van der Waals surface area contributed by atoms with Crippen molar-refractivity contribution in [2.24, 2.45) is 10.7 Å². The van der Waals surface area contributed by atoms with Crippen molar-refractivity contribution in [2.75, 3.05) is 11.9 Å². The van der Waals surface area contributed by atoms with Crippen molar-refractivity contribution in [3.8, 4) is 0 Å². The molecule has 8 heteroatoms. The van der Waals surface area contributed by atoms with Crippen LogP contribution in [-0.4, -0.2) is 40.5 Å². The SMILES string of the molecule is Cc1ccc(Nc2cccc([C@]3(C)CC(=O)N([C@H]4CCO[C@H](C)C4)C(N)=N3)c2Cl)cn1. The molecule has 0 unspecified atom stereocenters. The maximum Gasteiger partial charge on any atom is 0.232 e. The molecule has 1 saturated heterocycles. The number of aliphatic imine (C=N–C) groups is 1. The van der Waals surface area contributed by atoms with Gasteiger partial charge in [0.25, 0.3) is 0 Å². The van der Waals surface area contributed by atoms with Crippen LogP contribution in [0.1, 0.15) is 44.4 Å². The molecule has 2 aromatic rings. The Balaban J connectivity index is 1.63. The molecule has 1 amide bonds. The molecule has 3 atom stereocenters. The van der Waals surface area contributed by atoms with Gasteiger partial charge >= 0.3 is 0 Å². The molecule has 3 heterocycles. The number of benzene rings is 1. The molecule has 0 radical (unpaired) electrons. The molecule has 164 valence electrons. The first-order valence-corrected chi connectivity index (χ1v) is 10.9. The first-order chi connectivity index (χ1) is 14.8. The van der Waals surface area contributed by atoms with E-state index < -0.39 is 5.54 Å². The highest BCUT2D eigenvalue weighted by Gasteiger charge is 2.42. The zero-order valence-electron chi connectivity index (χ0n) is 18.1. The number of aryl methyl sites for hydroxylation is 1. The number of rotatable bonds is 4. The third kappa shape index (κ3) is 4.38. The van der Waals surface area contributed by atoms with Gasteiger partial charge in [-0.1, -0.05) is 23.7 Å². The second-order valence-electron chi connectivity index (χ2n) is 8.52. The highest BCUT2D eigenvalue weighted by molar-refractivity contribution is 6.34. The Morgan fingerprint density at radius 2 is 2.13 bits per heavy atom. The summed E-state index contributed by atoms with van der Waals surface area (Å²) < 4.78 is 5.62. The number of carbonyl (C=O) groups excluding carboxylic acids is 1. The minimum Gasteiger partial charge on any atom is -0.378 e. The van der Waals surface area contributed by atoms with Crippen LogP contribution in [0, 0.1) is 6.92 Å². The van der Waals surface area contributed by atoms with Crippen molar-refractivity contribution in [3.05, 3.63) is 52.8 Å². The fourth-order valence-corrected chi connectivity index (χ4v) is 4.73. The minimum absolute atomic E-state index is 0.0158. The van der Waals surface area contributed by atoms with Crippen molar-refractivity contribution in [1.29, 1.82) is 0 Å². The first kappa shape index (κ1) is 21.6. The summed E-state index contributed by atoms with van der Waals surface area (Å²) in [5, 5.41) is 3.82. The van der Waals surface area contributed by atoms with Gasteiger partial charge in [0.1, 0.15) is 0 Å². The van der Waals surface area contributed by atoms with Gasteiger partial charge in [-0.3, -0.25) is 14.7 Å². The van der Waals surface area contributed by atoms with Gasteiger partial charge in [-0.15, -0.1) is 0 Å². The van der Waals surface area contributed by atoms with Gasteiger partial charge in [0.2, 0.25) is 5.91 Å². The predicted molar refractivity (Wildman–Crippen MR) is 123 cm³/mol. The number of hydrogen-bond acceptors (Lipinski definition) is 6. The van der Waals surface area contributed by atoms with Crippen molar-refractivity contribution >= 4 is 34.8 Å². The van der Waals surface area contributed by atoms with E-state index in [1.165, 1.54) is 0 Å². The Kier molecular flexibility index (Phi) is 5.90. The van der Waals surface area contributed by atoms with Crippen molar-refractivity contribution < 1.29 is 9.53 Å². The standard InChI is InChI=1S/C23H28ClN5O2/c1-14-7-8-16(13-26-14)27-19-6-4-5-18(21(19)24)23(3)12-20(30)29(22(25)28-23)17-9-10-31-15(2)11-17/h4-8,13,15,17,27H,9-12H2,1-3H3,(H2,25,28)/t15-,17+,23+/m1/s1. The van der Waals surface area contributed by atoms with Crippen molar-refractivity contribution in [2.45, 2.75) is 57.7 Å². The molecule has 0 bridgehead atoms. The molecule has 4 rings (SSSR count). The third-order valence-corrected chi connectivity index (χ3v) is 6.37. The van der Waals surface area contributed by atoms with E-state index in [1.54, 1.807) is 11.1 Å².